The molecule has 2 heterocycles. The highest BCUT2D eigenvalue weighted by Gasteiger charge is 2.52. The van der Waals surface area contributed by atoms with E-state index in [1.54, 1.807) is 18.3 Å². The lowest BCUT2D eigenvalue weighted by Gasteiger charge is -2.37. The van der Waals surface area contributed by atoms with Gasteiger partial charge in [0.1, 0.15) is 5.54 Å². The average molecular weight is 336 g/mol. The first-order valence-electron chi connectivity index (χ1n) is 8.24. The molecule has 3 aromatic rings. The SMILES string of the molecule is Cc1ccc2c(c1)C(F)(F)C(C)(C)N=C2c1cnc2ccccc2c1. The number of rotatable bonds is 1. The van der Waals surface area contributed by atoms with Crippen molar-refractivity contribution in [2.24, 2.45) is 4.99 Å². The Labute approximate surface area is 145 Å². The summed E-state index contributed by atoms with van der Waals surface area (Å²) in [6.07, 6.45) is 1.71. The summed E-state index contributed by atoms with van der Waals surface area (Å²) in [6, 6.07) is 14.9. The lowest BCUT2D eigenvalue weighted by molar-refractivity contribution is -0.0682. The van der Waals surface area contributed by atoms with Gasteiger partial charge in [0, 0.05) is 28.3 Å². The summed E-state index contributed by atoms with van der Waals surface area (Å²) in [5.74, 6) is -3.03. The fraction of sp³-hybridized carbons (Fsp3) is 0.238. The zero-order valence-electron chi connectivity index (χ0n) is 14.3. The van der Waals surface area contributed by atoms with Gasteiger partial charge in [-0.05, 0) is 39.0 Å². The maximum atomic E-state index is 15.0. The number of pyridine rings is 1. The van der Waals surface area contributed by atoms with Crippen molar-refractivity contribution in [2.75, 3.05) is 0 Å². The van der Waals surface area contributed by atoms with Gasteiger partial charge in [0.15, 0.2) is 0 Å². The molecule has 1 aromatic heterocycles. The standard InChI is InChI=1S/C21H18F2N2/c1-13-8-9-16-17(10-13)21(22,23)20(2,3)25-19(16)15-11-14-6-4-5-7-18(14)24-12-15/h4-12H,1-3H3. The highest BCUT2D eigenvalue weighted by atomic mass is 19.3. The van der Waals surface area contributed by atoms with Gasteiger partial charge < -0.3 is 0 Å². The predicted molar refractivity (Wildman–Crippen MR) is 96.5 cm³/mol. The van der Waals surface area contributed by atoms with Crippen molar-refractivity contribution >= 4 is 16.6 Å². The van der Waals surface area contributed by atoms with Crippen molar-refractivity contribution < 1.29 is 8.78 Å². The van der Waals surface area contributed by atoms with Gasteiger partial charge in [0.2, 0.25) is 0 Å². The second kappa shape index (κ2) is 5.19. The van der Waals surface area contributed by atoms with Crippen LogP contribution in [0.1, 0.15) is 36.1 Å². The third-order valence-electron chi connectivity index (χ3n) is 4.79. The van der Waals surface area contributed by atoms with Gasteiger partial charge in [-0.25, -0.2) is 0 Å². The fourth-order valence-corrected chi connectivity index (χ4v) is 3.28. The van der Waals surface area contributed by atoms with E-state index >= 15 is 0 Å². The van der Waals surface area contributed by atoms with Crippen LogP contribution in [-0.2, 0) is 5.92 Å². The van der Waals surface area contributed by atoms with E-state index in [1.165, 1.54) is 13.8 Å². The number of fused-ring (bicyclic) bond motifs is 2. The maximum absolute atomic E-state index is 15.0. The van der Waals surface area contributed by atoms with Crippen molar-refractivity contribution in [1.82, 2.24) is 4.98 Å². The molecule has 0 unspecified atom stereocenters. The van der Waals surface area contributed by atoms with Crippen LogP contribution in [0.4, 0.5) is 8.78 Å². The Balaban J connectivity index is 1.98. The lowest BCUT2D eigenvalue weighted by atomic mass is 9.81. The molecule has 0 saturated heterocycles. The van der Waals surface area contributed by atoms with E-state index in [0.29, 0.717) is 11.3 Å². The third kappa shape index (κ3) is 2.36. The lowest BCUT2D eigenvalue weighted by Crippen LogP contribution is -2.44. The van der Waals surface area contributed by atoms with E-state index in [0.717, 1.165) is 22.0 Å². The number of para-hydroxylation sites is 1. The maximum Gasteiger partial charge on any atom is 0.297 e. The van der Waals surface area contributed by atoms with Crippen molar-refractivity contribution in [3.05, 3.63) is 77.0 Å². The molecule has 126 valence electrons. The smallest absolute Gasteiger partial charge is 0.271 e. The van der Waals surface area contributed by atoms with Crippen LogP contribution >= 0.6 is 0 Å². The van der Waals surface area contributed by atoms with Gasteiger partial charge in [-0.15, -0.1) is 0 Å². The number of aliphatic imine (C=N–C) groups is 1. The number of hydrogen-bond donors (Lipinski definition) is 0. The first kappa shape index (κ1) is 15.9. The summed E-state index contributed by atoms with van der Waals surface area (Å²) < 4.78 is 29.9. The number of alkyl halides is 2. The molecule has 1 aliphatic heterocycles. The molecule has 0 fully saturated rings. The number of aromatic nitrogens is 1. The molecule has 2 aromatic carbocycles. The highest BCUT2D eigenvalue weighted by Crippen LogP contribution is 2.47. The molecule has 0 N–H and O–H groups in total. The van der Waals surface area contributed by atoms with Gasteiger partial charge in [-0.2, -0.15) is 8.78 Å². The van der Waals surface area contributed by atoms with Crippen LogP contribution in [0, 0.1) is 6.92 Å². The summed E-state index contributed by atoms with van der Waals surface area (Å²) in [4.78, 5) is 8.90. The summed E-state index contributed by atoms with van der Waals surface area (Å²) in [6.45, 7) is 4.78. The topological polar surface area (TPSA) is 25.2 Å². The quantitative estimate of drug-likeness (QED) is 0.595. The number of benzene rings is 2. The van der Waals surface area contributed by atoms with Gasteiger partial charge in [0.05, 0.1) is 11.2 Å². The first-order valence-corrected chi connectivity index (χ1v) is 8.24. The van der Waals surface area contributed by atoms with Crippen LogP contribution < -0.4 is 0 Å². The normalized spacial score (nSPS) is 17.9. The number of nitrogens with zero attached hydrogens (tertiary/aromatic N) is 2. The molecule has 0 radical (unpaired) electrons. The Kier molecular flexibility index (Phi) is 3.29. The van der Waals surface area contributed by atoms with E-state index in [9.17, 15) is 8.78 Å². The molecule has 0 aliphatic carbocycles. The molecule has 25 heavy (non-hydrogen) atoms. The van der Waals surface area contributed by atoms with E-state index in [4.69, 9.17) is 0 Å². The van der Waals surface area contributed by atoms with Crippen LogP contribution in [-0.4, -0.2) is 16.2 Å². The number of hydrogen-bond acceptors (Lipinski definition) is 2. The Hall–Kier alpha value is -2.62. The van der Waals surface area contributed by atoms with Crippen LogP contribution in [0.3, 0.4) is 0 Å². The van der Waals surface area contributed by atoms with Crippen LogP contribution in [0.25, 0.3) is 10.9 Å². The summed E-state index contributed by atoms with van der Waals surface area (Å²) >= 11 is 0. The Morgan fingerprint density at radius 1 is 0.960 bits per heavy atom. The average Bonchev–Trinajstić information content (AvgIpc) is 2.58. The second-order valence-electron chi connectivity index (χ2n) is 7.06. The van der Waals surface area contributed by atoms with E-state index in [-0.39, 0.29) is 5.56 Å². The van der Waals surface area contributed by atoms with Crippen molar-refractivity contribution in [3.8, 4) is 0 Å². The minimum absolute atomic E-state index is 0.0376. The Morgan fingerprint density at radius 3 is 2.52 bits per heavy atom. The first-order chi connectivity index (χ1) is 11.8. The van der Waals surface area contributed by atoms with Crippen LogP contribution in [0.2, 0.25) is 0 Å². The molecule has 1 aliphatic rings. The van der Waals surface area contributed by atoms with Crippen LogP contribution in [0.15, 0.2) is 59.7 Å². The number of halogens is 2. The monoisotopic (exact) mass is 336 g/mol. The Morgan fingerprint density at radius 2 is 1.72 bits per heavy atom. The molecule has 0 spiro atoms. The molecule has 0 bridgehead atoms. The summed E-state index contributed by atoms with van der Waals surface area (Å²) in [5.41, 5.74) is 2.01. The zero-order chi connectivity index (χ0) is 17.8. The van der Waals surface area contributed by atoms with Crippen molar-refractivity contribution in [2.45, 2.75) is 32.2 Å². The highest BCUT2D eigenvalue weighted by molar-refractivity contribution is 6.15. The molecule has 0 saturated carbocycles. The van der Waals surface area contributed by atoms with E-state index in [2.05, 4.69) is 9.98 Å². The zero-order valence-corrected chi connectivity index (χ0v) is 14.3. The van der Waals surface area contributed by atoms with Crippen molar-refractivity contribution in [1.29, 1.82) is 0 Å². The molecule has 0 amide bonds. The predicted octanol–water partition coefficient (Wildman–Crippen LogP) is 5.26. The van der Waals surface area contributed by atoms with Gasteiger partial charge in [0.25, 0.3) is 5.92 Å². The molecule has 2 nitrogen and oxygen atoms in total. The van der Waals surface area contributed by atoms with E-state index < -0.39 is 11.5 Å². The second-order valence-corrected chi connectivity index (χ2v) is 7.06. The van der Waals surface area contributed by atoms with Gasteiger partial charge in [-0.1, -0.05) is 35.9 Å². The summed E-state index contributed by atoms with van der Waals surface area (Å²) in [5, 5.41) is 0.964. The molecule has 4 heteroatoms. The molecular formula is C21H18F2N2. The largest absolute Gasteiger partial charge is 0.297 e. The van der Waals surface area contributed by atoms with Crippen molar-refractivity contribution in [3.63, 3.8) is 0 Å². The Bertz CT molecular complexity index is 1020. The van der Waals surface area contributed by atoms with Gasteiger partial charge >= 0.3 is 0 Å². The molecular weight excluding hydrogens is 318 g/mol. The third-order valence-corrected chi connectivity index (χ3v) is 4.79. The number of aryl methyl sites for hydroxylation is 1. The molecule has 0 atom stereocenters. The minimum atomic E-state index is -3.03. The minimum Gasteiger partial charge on any atom is -0.271 e. The van der Waals surface area contributed by atoms with Gasteiger partial charge in [-0.3, -0.25) is 9.98 Å². The fourth-order valence-electron chi connectivity index (χ4n) is 3.28. The van der Waals surface area contributed by atoms with Crippen LogP contribution in [0.5, 0.6) is 0 Å². The summed E-state index contributed by atoms with van der Waals surface area (Å²) in [7, 11) is 0. The van der Waals surface area contributed by atoms with E-state index in [1.807, 2.05) is 43.3 Å². The molecule has 4 rings (SSSR count).